The zero-order chi connectivity index (χ0) is 15.3. The molecular weight excluding hydrogens is 274 g/mol. The second-order valence-corrected chi connectivity index (χ2v) is 6.06. The number of ether oxygens (including phenoxy) is 1. The monoisotopic (exact) mass is 297 g/mol. The molecule has 0 spiro atoms. The lowest BCUT2D eigenvalue weighted by atomic mass is 9.81. The van der Waals surface area contributed by atoms with E-state index >= 15 is 0 Å². The summed E-state index contributed by atoms with van der Waals surface area (Å²) in [4.78, 5) is 11.5. The summed E-state index contributed by atoms with van der Waals surface area (Å²) in [6.07, 6.45) is 1.17. The second-order valence-electron chi connectivity index (χ2n) is 5.63. The van der Waals surface area contributed by atoms with E-state index in [1.165, 1.54) is 0 Å². The number of carbonyl (C=O) groups is 1. The van der Waals surface area contributed by atoms with E-state index in [1.807, 2.05) is 18.2 Å². The molecular formula is C16H24ClNO2. The topological polar surface area (TPSA) is 52.3 Å². The molecule has 0 amide bonds. The Hall–Kier alpha value is -1.06. The highest BCUT2D eigenvalue weighted by Gasteiger charge is 2.21. The molecule has 0 fully saturated rings. The van der Waals surface area contributed by atoms with E-state index in [2.05, 4.69) is 20.8 Å². The first-order valence-corrected chi connectivity index (χ1v) is 7.40. The number of esters is 1. The predicted molar refractivity (Wildman–Crippen MR) is 82.9 cm³/mol. The molecule has 0 heterocycles. The van der Waals surface area contributed by atoms with Gasteiger partial charge in [0, 0.05) is 11.1 Å². The van der Waals surface area contributed by atoms with Gasteiger partial charge in [-0.05, 0) is 42.0 Å². The molecule has 0 aliphatic heterocycles. The first kappa shape index (κ1) is 17.0. The Balaban J connectivity index is 2.98. The average molecular weight is 298 g/mol. The molecule has 0 unspecified atom stereocenters. The summed E-state index contributed by atoms with van der Waals surface area (Å²) >= 11 is 6.18. The Bertz CT molecular complexity index is 472. The second kappa shape index (κ2) is 7.09. The van der Waals surface area contributed by atoms with Crippen LogP contribution in [0.2, 0.25) is 5.02 Å². The Morgan fingerprint density at radius 3 is 2.55 bits per heavy atom. The minimum Gasteiger partial charge on any atom is -0.466 e. The molecule has 0 aromatic heterocycles. The number of halogens is 1. The summed E-state index contributed by atoms with van der Waals surface area (Å²) < 4.78 is 4.93. The lowest BCUT2D eigenvalue weighted by Crippen LogP contribution is -2.20. The van der Waals surface area contributed by atoms with Gasteiger partial charge in [-0.15, -0.1) is 0 Å². The van der Waals surface area contributed by atoms with Gasteiger partial charge in [-0.2, -0.15) is 0 Å². The number of hydrogen-bond donors (Lipinski definition) is 1. The van der Waals surface area contributed by atoms with Gasteiger partial charge in [0.2, 0.25) is 0 Å². The van der Waals surface area contributed by atoms with Gasteiger partial charge >= 0.3 is 5.97 Å². The molecule has 1 aromatic rings. The van der Waals surface area contributed by atoms with Crippen molar-refractivity contribution in [3.63, 3.8) is 0 Å². The van der Waals surface area contributed by atoms with Gasteiger partial charge in [-0.3, -0.25) is 4.79 Å². The Morgan fingerprint density at radius 2 is 2.00 bits per heavy atom. The third kappa shape index (κ3) is 4.50. The molecule has 20 heavy (non-hydrogen) atoms. The van der Waals surface area contributed by atoms with Crippen molar-refractivity contribution in [1.82, 2.24) is 0 Å². The highest BCUT2D eigenvalue weighted by molar-refractivity contribution is 6.30. The lowest BCUT2D eigenvalue weighted by Gasteiger charge is -2.25. The molecule has 1 atom stereocenters. The maximum Gasteiger partial charge on any atom is 0.307 e. The zero-order valence-corrected chi connectivity index (χ0v) is 13.5. The molecule has 0 bridgehead atoms. The predicted octanol–water partition coefficient (Wildman–Crippen LogP) is 3.98. The molecule has 0 aliphatic carbocycles. The van der Waals surface area contributed by atoms with Crippen molar-refractivity contribution in [3.8, 4) is 0 Å². The smallest absolute Gasteiger partial charge is 0.307 e. The molecule has 2 N–H and O–H groups in total. The molecule has 1 aromatic carbocycles. The standard InChI is InChI=1S/C16H24ClNO2/c1-5-16(3,4)12-7-11(8-13(17)9-12)14(18)10-15(19)20-6-2/h7-9,14H,5-6,10,18H2,1-4H3/t14-/m0/s1. The highest BCUT2D eigenvalue weighted by Crippen LogP contribution is 2.31. The van der Waals surface area contributed by atoms with Crippen molar-refractivity contribution in [2.24, 2.45) is 5.73 Å². The van der Waals surface area contributed by atoms with Gasteiger partial charge in [-0.25, -0.2) is 0 Å². The van der Waals surface area contributed by atoms with Crippen LogP contribution in [0.5, 0.6) is 0 Å². The Morgan fingerprint density at radius 1 is 1.35 bits per heavy atom. The van der Waals surface area contributed by atoms with Crippen LogP contribution in [0, 0.1) is 0 Å². The number of benzene rings is 1. The molecule has 0 saturated heterocycles. The van der Waals surface area contributed by atoms with E-state index in [1.54, 1.807) is 6.92 Å². The summed E-state index contributed by atoms with van der Waals surface area (Å²) in [5.74, 6) is -0.281. The van der Waals surface area contributed by atoms with Crippen LogP contribution in [0.3, 0.4) is 0 Å². The molecule has 4 heteroatoms. The first-order valence-electron chi connectivity index (χ1n) is 7.02. The lowest BCUT2D eigenvalue weighted by molar-refractivity contribution is -0.143. The minimum absolute atomic E-state index is 0.0310. The third-order valence-corrected chi connectivity index (χ3v) is 3.92. The largest absolute Gasteiger partial charge is 0.466 e. The van der Waals surface area contributed by atoms with Crippen LogP contribution < -0.4 is 5.73 Å². The fourth-order valence-electron chi connectivity index (χ4n) is 1.94. The number of nitrogens with two attached hydrogens (primary N) is 1. The van der Waals surface area contributed by atoms with E-state index in [-0.39, 0.29) is 23.8 Å². The molecule has 3 nitrogen and oxygen atoms in total. The van der Waals surface area contributed by atoms with Crippen LogP contribution in [-0.4, -0.2) is 12.6 Å². The highest BCUT2D eigenvalue weighted by atomic mass is 35.5. The van der Waals surface area contributed by atoms with Crippen LogP contribution >= 0.6 is 11.6 Å². The maximum absolute atomic E-state index is 11.5. The summed E-state index contributed by atoms with van der Waals surface area (Å²) in [7, 11) is 0. The van der Waals surface area contributed by atoms with E-state index in [4.69, 9.17) is 22.1 Å². The van der Waals surface area contributed by atoms with Crippen molar-refractivity contribution in [2.75, 3.05) is 6.61 Å². The molecule has 0 radical (unpaired) electrons. The van der Waals surface area contributed by atoms with Gasteiger partial charge in [0.1, 0.15) is 0 Å². The zero-order valence-electron chi connectivity index (χ0n) is 12.7. The van der Waals surface area contributed by atoms with Crippen LogP contribution in [-0.2, 0) is 14.9 Å². The quantitative estimate of drug-likeness (QED) is 0.808. The molecule has 0 saturated carbocycles. The Kier molecular flexibility index (Phi) is 6.03. The van der Waals surface area contributed by atoms with E-state index in [9.17, 15) is 4.79 Å². The summed E-state index contributed by atoms with van der Waals surface area (Å²) in [6, 6.07) is 5.44. The van der Waals surface area contributed by atoms with Crippen molar-refractivity contribution in [1.29, 1.82) is 0 Å². The van der Waals surface area contributed by atoms with Gasteiger partial charge in [0.05, 0.1) is 13.0 Å². The van der Waals surface area contributed by atoms with E-state index in [0.29, 0.717) is 11.6 Å². The van der Waals surface area contributed by atoms with Crippen LogP contribution in [0.1, 0.15) is 57.7 Å². The van der Waals surface area contributed by atoms with Crippen LogP contribution in [0.25, 0.3) is 0 Å². The molecule has 112 valence electrons. The summed E-state index contributed by atoms with van der Waals surface area (Å²) in [5.41, 5.74) is 8.14. The SMILES string of the molecule is CCOC(=O)C[C@H](N)c1cc(Cl)cc(C(C)(C)CC)c1. The Labute approximate surface area is 126 Å². The fraction of sp³-hybridized carbons (Fsp3) is 0.562. The number of hydrogen-bond acceptors (Lipinski definition) is 3. The molecule has 0 aliphatic rings. The van der Waals surface area contributed by atoms with Crippen molar-refractivity contribution in [2.45, 2.75) is 52.0 Å². The average Bonchev–Trinajstić information content (AvgIpc) is 2.38. The normalized spacial score (nSPS) is 13.1. The van der Waals surface area contributed by atoms with Crippen molar-refractivity contribution in [3.05, 3.63) is 34.3 Å². The maximum atomic E-state index is 11.5. The summed E-state index contributed by atoms with van der Waals surface area (Å²) in [5, 5.41) is 0.651. The van der Waals surface area contributed by atoms with Crippen molar-refractivity contribution >= 4 is 17.6 Å². The fourth-order valence-corrected chi connectivity index (χ4v) is 2.18. The summed E-state index contributed by atoms with van der Waals surface area (Å²) in [6.45, 7) is 8.62. The number of carbonyl (C=O) groups excluding carboxylic acids is 1. The van der Waals surface area contributed by atoms with Crippen LogP contribution in [0.4, 0.5) is 0 Å². The third-order valence-electron chi connectivity index (χ3n) is 3.71. The first-order chi connectivity index (χ1) is 9.30. The van der Waals surface area contributed by atoms with E-state index in [0.717, 1.165) is 17.5 Å². The van der Waals surface area contributed by atoms with E-state index < -0.39 is 0 Å². The van der Waals surface area contributed by atoms with Crippen molar-refractivity contribution < 1.29 is 9.53 Å². The molecule has 1 rings (SSSR count). The minimum atomic E-state index is -0.390. The number of rotatable bonds is 6. The van der Waals surface area contributed by atoms with Gasteiger partial charge in [-0.1, -0.05) is 38.4 Å². The van der Waals surface area contributed by atoms with Gasteiger partial charge < -0.3 is 10.5 Å². The van der Waals surface area contributed by atoms with Gasteiger partial charge in [0.25, 0.3) is 0 Å². The van der Waals surface area contributed by atoms with Gasteiger partial charge in [0.15, 0.2) is 0 Å². The van der Waals surface area contributed by atoms with Crippen LogP contribution in [0.15, 0.2) is 18.2 Å².